The lowest BCUT2D eigenvalue weighted by atomic mass is 10.0. The Labute approximate surface area is 122 Å². The molecule has 0 bridgehead atoms. The molecule has 2 aromatic rings. The molecule has 0 spiro atoms. The van der Waals surface area contributed by atoms with E-state index in [1.54, 1.807) is 18.2 Å². The molecule has 106 valence electrons. The zero-order valence-corrected chi connectivity index (χ0v) is 11.8. The molecule has 0 amide bonds. The summed E-state index contributed by atoms with van der Waals surface area (Å²) in [5, 5.41) is 9.59. The second-order valence-corrected chi connectivity index (χ2v) is 5.34. The van der Waals surface area contributed by atoms with E-state index >= 15 is 0 Å². The van der Waals surface area contributed by atoms with E-state index in [4.69, 9.17) is 22.7 Å². The molecule has 2 heterocycles. The second kappa shape index (κ2) is 5.30. The van der Waals surface area contributed by atoms with E-state index in [0.717, 1.165) is 29.8 Å². The summed E-state index contributed by atoms with van der Waals surface area (Å²) in [6.45, 7) is 1.15. The van der Waals surface area contributed by atoms with E-state index in [9.17, 15) is 5.11 Å². The maximum atomic E-state index is 9.59. The monoisotopic (exact) mass is 291 g/mol. The number of nitrogens with one attached hydrogen (secondary N) is 1. The van der Waals surface area contributed by atoms with Crippen LogP contribution in [0.1, 0.15) is 17.3 Å². The Morgan fingerprint density at radius 2 is 2.35 bits per heavy atom. The Balaban J connectivity index is 1.94. The van der Waals surface area contributed by atoms with Gasteiger partial charge in [-0.05, 0) is 42.5 Å². The second-order valence-electron chi connectivity index (χ2n) is 4.95. The number of rotatable bonds is 3. The smallest absolute Gasteiger partial charge is 0.177 e. The van der Waals surface area contributed by atoms with Gasteiger partial charge in [-0.25, -0.2) is 0 Å². The maximum Gasteiger partial charge on any atom is 0.177 e. The van der Waals surface area contributed by atoms with Crippen molar-refractivity contribution in [3.8, 4) is 11.5 Å². The molecule has 1 aliphatic rings. The summed E-state index contributed by atoms with van der Waals surface area (Å²) in [6, 6.07) is 5.32. The van der Waals surface area contributed by atoms with Crippen LogP contribution in [-0.4, -0.2) is 27.8 Å². The number of hydrogen-bond donors (Lipinski definition) is 3. The van der Waals surface area contributed by atoms with Crippen LogP contribution < -0.4 is 10.5 Å². The van der Waals surface area contributed by atoms with Crippen LogP contribution in [0.15, 0.2) is 24.4 Å². The molecule has 20 heavy (non-hydrogen) atoms. The van der Waals surface area contributed by atoms with Crippen LogP contribution in [0.3, 0.4) is 0 Å². The van der Waals surface area contributed by atoms with E-state index < -0.39 is 0 Å². The Kier molecular flexibility index (Phi) is 3.50. The van der Waals surface area contributed by atoms with Gasteiger partial charge in [0.15, 0.2) is 4.77 Å². The first-order chi connectivity index (χ1) is 9.69. The van der Waals surface area contributed by atoms with Crippen molar-refractivity contribution in [1.82, 2.24) is 9.55 Å². The predicted molar refractivity (Wildman–Crippen MR) is 78.7 cm³/mol. The number of hydrogen-bond acceptors (Lipinski definition) is 4. The van der Waals surface area contributed by atoms with Crippen molar-refractivity contribution >= 4 is 12.2 Å². The van der Waals surface area contributed by atoms with Crippen molar-refractivity contribution in [3.63, 3.8) is 0 Å². The molecule has 0 fully saturated rings. The molecule has 6 heteroatoms. The Hall–Kier alpha value is -1.79. The molecule has 1 aromatic carbocycles. The average Bonchev–Trinajstić information content (AvgIpc) is 2.79. The number of H-pyrrole nitrogens is 1. The van der Waals surface area contributed by atoms with Crippen molar-refractivity contribution in [2.24, 2.45) is 5.73 Å². The number of imidazole rings is 1. The van der Waals surface area contributed by atoms with Gasteiger partial charge in [0.05, 0.1) is 6.04 Å². The quantitative estimate of drug-likeness (QED) is 0.755. The summed E-state index contributed by atoms with van der Waals surface area (Å²) in [7, 11) is 0. The highest BCUT2D eigenvalue weighted by Gasteiger charge is 2.23. The maximum absolute atomic E-state index is 9.59. The van der Waals surface area contributed by atoms with Gasteiger partial charge in [-0.3, -0.25) is 0 Å². The summed E-state index contributed by atoms with van der Waals surface area (Å²) in [6.07, 6.45) is 3.47. The van der Waals surface area contributed by atoms with Crippen LogP contribution in [0.4, 0.5) is 0 Å². The van der Waals surface area contributed by atoms with Crippen molar-refractivity contribution in [3.05, 3.63) is 40.4 Å². The number of aromatic nitrogens is 2. The molecule has 0 saturated carbocycles. The van der Waals surface area contributed by atoms with Crippen molar-refractivity contribution in [1.29, 1.82) is 0 Å². The highest BCUT2D eigenvalue weighted by Crippen LogP contribution is 2.32. The molecule has 3 rings (SSSR count). The number of nitrogens with two attached hydrogens (primary N) is 1. The molecule has 0 saturated heterocycles. The van der Waals surface area contributed by atoms with Crippen molar-refractivity contribution in [2.75, 3.05) is 13.2 Å². The van der Waals surface area contributed by atoms with Gasteiger partial charge in [-0.2, -0.15) is 0 Å². The van der Waals surface area contributed by atoms with Gasteiger partial charge in [0.25, 0.3) is 0 Å². The van der Waals surface area contributed by atoms with E-state index in [1.165, 1.54) is 0 Å². The third-order valence-corrected chi connectivity index (χ3v) is 3.90. The lowest BCUT2D eigenvalue weighted by molar-refractivity contribution is 0.220. The van der Waals surface area contributed by atoms with Gasteiger partial charge in [0, 0.05) is 24.7 Å². The van der Waals surface area contributed by atoms with Gasteiger partial charge in [-0.1, -0.05) is 0 Å². The average molecular weight is 291 g/mol. The SMILES string of the molecule is NCCc1c[nH]c(=S)n1[C@H]1COc2ccc(O)cc2C1. The van der Waals surface area contributed by atoms with Crippen LogP contribution in [0, 0.1) is 4.77 Å². The molecule has 0 aliphatic carbocycles. The van der Waals surface area contributed by atoms with Gasteiger partial charge in [-0.15, -0.1) is 0 Å². The van der Waals surface area contributed by atoms with Crippen LogP contribution >= 0.6 is 12.2 Å². The van der Waals surface area contributed by atoms with Crippen LogP contribution in [0.25, 0.3) is 0 Å². The van der Waals surface area contributed by atoms with Gasteiger partial charge >= 0.3 is 0 Å². The summed E-state index contributed by atoms with van der Waals surface area (Å²) in [5.74, 6) is 1.09. The van der Waals surface area contributed by atoms with Crippen LogP contribution in [0.2, 0.25) is 0 Å². The lowest BCUT2D eigenvalue weighted by Gasteiger charge is -2.27. The number of benzene rings is 1. The Bertz CT molecular complexity index is 677. The van der Waals surface area contributed by atoms with Crippen molar-refractivity contribution < 1.29 is 9.84 Å². The molecule has 4 N–H and O–H groups in total. The fourth-order valence-corrected chi connectivity index (χ4v) is 3.01. The predicted octanol–water partition coefficient (Wildman–Crippen LogP) is 1.93. The summed E-state index contributed by atoms with van der Waals surface area (Å²) in [4.78, 5) is 3.07. The molecule has 1 atom stereocenters. The highest BCUT2D eigenvalue weighted by atomic mass is 32.1. The first kappa shape index (κ1) is 13.2. The number of nitrogens with zero attached hydrogens (tertiary/aromatic N) is 1. The first-order valence-corrected chi connectivity index (χ1v) is 7.03. The molecule has 0 unspecified atom stereocenters. The minimum absolute atomic E-state index is 0.129. The third-order valence-electron chi connectivity index (χ3n) is 3.59. The fourth-order valence-electron chi connectivity index (χ4n) is 2.69. The van der Waals surface area contributed by atoms with Crippen LogP contribution in [0.5, 0.6) is 11.5 Å². The Morgan fingerprint density at radius 3 is 3.15 bits per heavy atom. The molecule has 1 aliphatic heterocycles. The number of aromatic hydroxyl groups is 1. The summed E-state index contributed by atoms with van der Waals surface area (Å²) >= 11 is 5.35. The Morgan fingerprint density at radius 1 is 1.50 bits per heavy atom. The summed E-state index contributed by atoms with van der Waals surface area (Å²) < 4.78 is 8.54. The molecule has 1 aromatic heterocycles. The van der Waals surface area contributed by atoms with Gasteiger partial charge in [0.2, 0.25) is 0 Å². The largest absolute Gasteiger partial charge is 0.508 e. The summed E-state index contributed by atoms with van der Waals surface area (Å²) in [5.41, 5.74) is 7.73. The first-order valence-electron chi connectivity index (χ1n) is 6.62. The van der Waals surface area contributed by atoms with Crippen LogP contribution in [-0.2, 0) is 12.8 Å². The third kappa shape index (κ3) is 2.32. The van der Waals surface area contributed by atoms with E-state index in [0.29, 0.717) is 17.9 Å². The number of aromatic amines is 1. The van der Waals surface area contributed by atoms with Crippen molar-refractivity contribution in [2.45, 2.75) is 18.9 Å². The van der Waals surface area contributed by atoms with E-state index in [-0.39, 0.29) is 11.8 Å². The molecule has 5 nitrogen and oxygen atoms in total. The molecular weight excluding hydrogens is 274 g/mol. The number of fused-ring (bicyclic) bond motifs is 1. The number of ether oxygens (including phenoxy) is 1. The normalized spacial score (nSPS) is 17.6. The topological polar surface area (TPSA) is 76.2 Å². The lowest BCUT2D eigenvalue weighted by Crippen LogP contribution is -2.26. The number of phenols is 1. The number of phenolic OH excluding ortho intramolecular Hbond substituents is 1. The van der Waals surface area contributed by atoms with E-state index in [2.05, 4.69) is 9.55 Å². The minimum atomic E-state index is 0.129. The standard InChI is InChI=1S/C14H17N3O2S/c15-4-3-10-7-16-14(20)17(10)11-5-9-6-12(18)1-2-13(9)19-8-11/h1-2,6-7,11,18H,3-5,8,15H2,(H,16,20)/t11-/m1/s1. The highest BCUT2D eigenvalue weighted by molar-refractivity contribution is 7.71. The molecular formula is C14H17N3O2S. The fraction of sp³-hybridized carbons (Fsp3) is 0.357. The minimum Gasteiger partial charge on any atom is -0.508 e. The molecule has 0 radical (unpaired) electrons. The zero-order chi connectivity index (χ0) is 14.1. The van der Waals surface area contributed by atoms with Gasteiger partial charge in [0.1, 0.15) is 18.1 Å². The van der Waals surface area contributed by atoms with E-state index in [1.807, 2.05) is 6.20 Å². The zero-order valence-electron chi connectivity index (χ0n) is 11.0. The van der Waals surface area contributed by atoms with Gasteiger partial charge < -0.3 is 25.1 Å².